The maximum Gasteiger partial charge on any atom is 0.170 e. The van der Waals surface area contributed by atoms with Gasteiger partial charge in [0, 0.05) is 4.47 Å². The molecule has 0 amide bonds. The van der Waals surface area contributed by atoms with Crippen LogP contribution in [-0.2, 0) is 0 Å². The number of carbonyl (C=O) groups excluding carboxylic acids is 1. The minimum absolute atomic E-state index is 0.231. The first-order chi connectivity index (χ1) is 9.19. The zero-order chi connectivity index (χ0) is 13.3. The predicted octanol–water partition coefficient (Wildman–Crippen LogP) is 4.90. The molecule has 0 unspecified atom stereocenters. The number of Topliss-reactive ketones (excluding diaryl/α,β-unsaturated/α-hetero) is 1. The van der Waals surface area contributed by atoms with Crippen LogP contribution in [0.5, 0.6) is 5.75 Å². The molecule has 3 heteroatoms. The summed E-state index contributed by atoms with van der Waals surface area (Å²) < 4.78 is 7.27. The van der Waals surface area contributed by atoms with Crippen molar-refractivity contribution in [3.63, 3.8) is 0 Å². The van der Waals surface area contributed by atoms with E-state index in [9.17, 15) is 4.79 Å². The van der Waals surface area contributed by atoms with Crippen molar-refractivity contribution in [2.75, 3.05) is 0 Å². The number of rotatable bonds is 0. The molecule has 1 heterocycles. The van der Waals surface area contributed by atoms with Gasteiger partial charge in [0.2, 0.25) is 0 Å². The Balaban J connectivity index is 1.91. The van der Waals surface area contributed by atoms with Crippen LogP contribution in [0.2, 0.25) is 0 Å². The van der Waals surface area contributed by atoms with Crippen LogP contribution < -0.4 is 4.74 Å². The predicted molar refractivity (Wildman–Crippen MR) is 78.8 cm³/mol. The Kier molecular flexibility index (Phi) is 3.66. The van der Waals surface area contributed by atoms with E-state index >= 15 is 0 Å². The van der Waals surface area contributed by atoms with Gasteiger partial charge >= 0.3 is 0 Å². The van der Waals surface area contributed by atoms with Gasteiger partial charge < -0.3 is 4.74 Å². The molecule has 1 fully saturated rings. The number of ketones is 1. The van der Waals surface area contributed by atoms with Crippen LogP contribution in [-0.4, -0.2) is 11.4 Å². The first kappa shape index (κ1) is 13.2. The zero-order valence-corrected chi connectivity index (χ0v) is 12.7. The minimum atomic E-state index is -0.231. The molecule has 1 spiro atoms. The molecule has 1 saturated carbocycles. The summed E-state index contributed by atoms with van der Waals surface area (Å²) >= 11 is 3.46. The fourth-order valence-electron chi connectivity index (χ4n) is 3.30. The Bertz CT molecular complexity index is 488. The molecule has 0 N–H and O–H groups in total. The van der Waals surface area contributed by atoms with Crippen molar-refractivity contribution in [1.82, 2.24) is 0 Å². The van der Waals surface area contributed by atoms with E-state index in [2.05, 4.69) is 15.9 Å². The SMILES string of the molecule is O=C1CC2(CCCCCCC2)Oc2cc(Br)ccc21. The van der Waals surface area contributed by atoms with Gasteiger partial charge in [-0.2, -0.15) is 0 Å². The van der Waals surface area contributed by atoms with Crippen LogP contribution in [0.15, 0.2) is 22.7 Å². The van der Waals surface area contributed by atoms with Crippen molar-refractivity contribution in [2.45, 2.75) is 57.0 Å². The van der Waals surface area contributed by atoms with Crippen LogP contribution in [0.3, 0.4) is 0 Å². The van der Waals surface area contributed by atoms with Crippen molar-refractivity contribution >= 4 is 21.7 Å². The molecule has 2 nitrogen and oxygen atoms in total. The Morgan fingerprint density at radius 3 is 2.47 bits per heavy atom. The highest BCUT2D eigenvalue weighted by Gasteiger charge is 2.40. The fourth-order valence-corrected chi connectivity index (χ4v) is 3.64. The molecule has 0 bridgehead atoms. The molecule has 0 atom stereocenters. The van der Waals surface area contributed by atoms with Crippen molar-refractivity contribution in [3.05, 3.63) is 28.2 Å². The highest BCUT2D eigenvalue weighted by atomic mass is 79.9. The summed E-state index contributed by atoms with van der Waals surface area (Å²) in [5.74, 6) is 1.01. The van der Waals surface area contributed by atoms with Crippen molar-refractivity contribution in [3.8, 4) is 5.75 Å². The van der Waals surface area contributed by atoms with E-state index in [4.69, 9.17) is 4.74 Å². The summed E-state index contributed by atoms with van der Waals surface area (Å²) in [6.07, 6.45) is 8.81. The average molecular weight is 323 g/mol. The molecular weight excluding hydrogens is 304 g/mol. The molecule has 102 valence electrons. The highest BCUT2D eigenvalue weighted by molar-refractivity contribution is 9.10. The summed E-state index contributed by atoms with van der Waals surface area (Å²) in [7, 11) is 0. The number of halogens is 1. The second-order valence-electron chi connectivity index (χ2n) is 5.79. The van der Waals surface area contributed by atoms with Crippen LogP contribution >= 0.6 is 15.9 Å². The van der Waals surface area contributed by atoms with Crippen molar-refractivity contribution < 1.29 is 9.53 Å². The number of carbonyl (C=O) groups is 1. The van der Waals surface area contributed by atoms with Gasteiger partial charge in [0.15, 0.2) is 5.78 Å². The zero-order valence-electron chi connectivity index (χ0n) is 11.1. The summed E-state index contributed by atoms with van der Waals surface area (Å²) in [6, 6.07) is 5.72. The molecule has 0 radical (unpaired) electrons. The number of benzene rings is 1. The monoisotopic (exact) mass is 322 g/mol. The lowest BCUT2D eigenvalue weighted by Crippen LogP contribution is -2.42. The van der Waals surface area contributed by atoms with Crippen molar-refractivity contribution in [2.24, 2.45) is 0 Å². The lowest BCUT2D eigenvalue weighted by Gasteiger charge is -2.39. The van der Waals surface area contributed by atoms with Gasteiger partial charge in [-0.1, -0.05) is 35.2 Å². The van der Waals surface area contributed by atoms with Crippen LogP contribution in [0, 0.1) is 0 Å². The average Bonchev–Trinajstić information content (AvgIpc) is 2.34. The lowest BCUT2D eigenvalue weighted by atomic mass is 9.80. The minimum Gasteiger partial charge on any atom is -0.486 e. The quantitative estimate of drug-likeness (QED) is 0.679. The van der Waals surface area contributed by atoms with Gasteiger partial charge in [-0.3, -0.25) is 4.79 Å². The third kappa shape index (κ3) is 2.71. The van der Waals surface area contributed by atoms with E-state index in [1.54, 1.807) is 0 Å². The number of ether oxygens (including phenoxy) is 1. The Morgan fingerprint density at radius 2 is 1.74 bits per heavy atom. The Hall–Kier alpha value is -0.830. The largest absolute Gasteiger partial charge is 0.486 e. The first-order valence-electron chi connectivity index (χ1n) is 7.20. The standard InChI is InChI=1S/C16H19BrO2/c17-12-6-7-13-14(18)11-16(19-15(13)10-12)8-4-2-1-3-5-9-16/h6-7,10H,1-5,8-9,11H2. The summed E-state index contributed by atoms with van der Waals surface area (Å²) in [6.45, 7) is 0. The smallest absolute Gasteiger partial charge is 0.170 e. The molecule has 2 aliphatic rings. The number of hydrogen-bond acceptors (Lipinski definition) is 2. The maximum absolute atomic E-state index is 12.4. The van der Waals surface area contributed by atoms with E-state index in [1.165, 1.54) is 32.1 Å². The highest BCUT2D eigenvalue weighted by Crippen LogP contribution is 2.41. The normalized spacial score (nSPS) is 22.3. The molecular formula is C16H19BrO2. The molecule has 0 aromatic heterocycles. The number of fused-ring (bicyclic) bond motifs is 1. The summed E-state index contributed by atoms with van der Waals surface area (Å²) in [5, 5.41) is 0. The van der Waals surface area contributed by atoms with E-state index in [1.807, 2.05) is 18.2 Å². The summed E-state index contributed by atoms with van der Waals surface area (Å²) in [4.78, 5) is 12.4. The Morgan fingerprint density at radius 1 is 1.05 bits per heavy atom. The second-order valence-corrected chi connectivity index (χ2v) is 6.71. The van der Waals surface area contributed by atoms with E-state index in [0.29, 0.717) is 6.42 Å². The van der Waals surface area contributed by atoms with Gasteiger partial charge in [-0.25, -0.2) is 0 Å². The molecule has 0 saturated heterocycles. The third-order valence-electron chi connectivity index (χ3n) is 4.32. The van der Waals surface area contributed by atoms with E-state index < -0.39 is 0 Å². The van der Waals surface area contributed by atoms with E-state index in [-0.39, 0.29) is 11.4 Å². The summed E-state index contributed by atoms with van der Waals surface area (Å²) in [5.41, 5.74) is 0.515. The van der Waals surface area contributed by atoms with Gasteiger partial charge in [-0.05, 0) is 43.9 Å². The third-order valence-corrected chi connectivity index (χ3v) is 4.81. The van der Waals surface area contributed by atoms with Crippen molar-refractivity contribution in [1.29, 1.82) is 0 Å². The molecule has 1 aromatic carbocycles. The van der Waals surface area contributed by atoms with Crippen LogP contribution in [0.25, 0.3) is 0 Å². The molecule has 19 heavy (non-hydrogen) atoms. The van der Waals surface area contributed by atoms with E-state index in [0.717, 1.165) is 28.6 Å². The fraction of sp³-hybridized carbons (Fsp3) is 0.562. The Labute approximate surface area is 122 Å². The maximum atomic E-state index is 12.4. The second kappa shape index (κ2) is 5.28. The first-order valence-corrected chi connectivity index (χ1v) is 8.00. The van der Waals surface area contributed by atoms with Gasteiger partial charge in [0.1, 0.15) is 11.4 Å². The lowest BCUT2D eigenvalue weighted by molar-refractivity contribution is 0.0215. The van der Waals surface area contributed by atoms with Crippen LogP contribution in [0.1, 0.15) is 61.7 Å². The van der Waals surface area contributed by atoms with Gasteiger partial charge in [-0.15, -0.1) is 0 Å². The number of hydrogen-bond donors (Lipinski definition) is 0. The van der Waals surface area contributed by atoms with Gasteiger partial charge in [0.25, 0.3) is 0 Å². The molecule has 1 aliphatic carbocycles. The van der Waals surface area contributed by atoms with Gasteiger partial charge in [0.05, 0.1) is 12.0 Å². The molecule has 1 aliphatic heterocycles. The molecule has 1 aromatic rings. The molecule has 3 rings (SSSR count). The van der Waals surface area contributed by atoms with Crippen LogP contribution in [0.4, 0.5) is 0 Å². The topological polar surface area (TPSA) is 26.3 Å².